The summed E-state index contributed by atoms with van der Waals surface area (Å²) in [5.74, 6) is -0.0493. The van der Waals surface area contributed by atoms with Crippen molar-refractivity contribution in [3.8, 4) is 5.75 Å². The molecule has 36 heavy (non-hydrogen) atoms. The standard InChI is InChI=1S/C28H34N4O4/c1-17(2)13-24(31-27(34)23-15-21-22(30-23)11-8-12-25(21)36-4)28(35)32-16-19(14-18(32)3)26(33)29-20-9-6-5-7-10-20/h5-12,15,17-19,24,30H,13-14,16H2,1-4H3,(H,29,33)(H,31,34). The Labute approximate surface area is 211 Å². The third-order valence-electron chi connectivity index (χ3n) is 6.67. The highest BCUT2D eigenvalue weighted by Gasteiger charge is 2.39. The van der Waals surface area contributed by atoms with E-state index in [2.05, 4.69) is 15.6 Å². The van der Waals surface area contributed by atoms with E-state index < -0.39 is 6.04 Å². The molecule has 8 nitrogen and oxygen atoms in total. The summed E-state index contributed by atoms with van der Waals surface area (Å²) in [4.78, 5) is 44.5. The highest BCUT2D eigenvalue weighted by atomic mass is 16.5. The van der Waals surface area contributed by atoms with E-state index in [0.717, 1.165) is 16.6 Å². The second-order valence-corrected chi connectivity index (χ2v) is 9.89. The van der Waals surface area contributed by atoms with Gasteiger partial charge in [-0.25, -0.2) is 0 Å². The number of carbonyl (C=O) groups is 3. The van der Waals surface area contributed by atoms with Crippen LogP contribution >= 0.6 is 0 Å². The molecule has 0 radical (unpaired) electrons. The molecule has 4 rings (SSSR count). The van der Waals surface area contributed by atoms with Crippen LogP contribution in [-0.4, -0.2) is 53.3 Å². The maximum atomic E-state index is 13.6. The summed E-state index contributed by atoms with van der Waals surface area (Å²) in [5.41, 5.74) is 1.89. The molecule has 1 fully saturated rings. The summed E-state index contributed by atoms with van der Waals surface area (Å²) in [7, 11) is 1.59. The molecule has 2 heterocycles. The Bertz CT molecular complexity index is 1240. The zero-order chi connectivity index (χ0) is 25.8. The molecule has 3 N–H and O–H groups in total. The lowest BCUT2D eigenvalue weighted by Gasteiger charge is -2.28. The van der Waals surface area contributed by atoms with Crippen molar-refractivity contribution < 1.29 is 19.1 Å². The second-order valence-electron chi connectivity index (χ2n) is 9.89. The monoisotopic (exact) mass is 490 g/mol. The highest BCUT2D eigenvalue weighted by molar-refractivity contribution is 6.01. The van der Waals surface area contributed by atoms with Gasteiger partial charge in [0.05, 0.1) is 13.0 Å². The quantitative estimate of drug-likeness (QED) is 0.440. The van der Waals surface area contributed by atoms with Crippen LogP contribution in [0.5, 0.6) is 5.75 Å². The number of rotatable bonds is 8. The fourth-order valence-corrected chi connectivity index (χ4v) is 4.85. The fourth-order valence-electron chi connectivity index (χ4n) is 4.85. The third-order valence-corrected chi connectivity index (χ3v) is 6.67. The summed E-state index contributed by atoms with van der Waals surface area (Å²) < 4.78 is 5.39. The SMILES string of the molecule is COc1cccc2[nH]c(C(=O)NC(CC(C)C)C(=O)N3CC(C(=O)Nc4ccccc4)CC3C)cc12. The number of para-hydroxylation sites is 1. The van der Waals surface area contributed by atoms with Crippen molar-refractivity contribution in [1.29, 1.82) is 0 Å². The number of nitrogens with one attached hydrogen (secondary N) is 3. The van der Waals surface area contributed by atoms with Gasteiger partial charge in [0.2, 0.25) is 11.8 Å². The largest absolute Gasteiger partial charge is 0.496 e. The van der Waals surface area contributed by atoms with Gasteiger partial charge in [-0.2, -0.15) is 0 Å². The highest BCUT2D eigenvalue weighted by Crippen LogP contribution is 2.28. The van der Waals surface area contributed by atoms with Crippen LogP contribution in [0.15, 0.2) is 54.6 Å². The number of methoxy groups -OCH3 is 1. The Morgan fingerprint density at radius 3 is 2.56 bits per heavy atom. The number of fused-ring (bicyclic) bond motifs is 1. The number of carbonyl (C=O) groups excluding carboxylic acids is 3. The topological polar surface area (TPSA) is 104 Å². The Balaban J connectivity index is 1.47. The lowest BCUT2D eigenvalue weighted by atomic mass is 10.0. The first-order chi connectivity index (χ1) is 17.3. The predicted molar refractivity (Wildman–Crippen MR) is 140 cm³/mol. The van der Waals surface area contributed by atoms with E-state index in [1.807, 2.05) is 69.3 Å². The maximum absolute atomic E-state index is 13.6. The van der Waals surface area contributed by atoms with Crippen molar-refractivity contribution in [2.45, 2.75) is 45.7 Å². The first kappa shape index (κ1) is 25.3. The number of amides is 3. The second kappa shape index (κ2) is 10.8. The van der Waals surface area contributed by atoms with Crippen molar-refractivity contribution in [2.24, 2.45) is 11.8 Å². The average Bonchev–Trinajstić information content (AvgIpc) is 3.47. The first-order valence-electron chi connectivity index (χ1n) is 12.4. The lowest BCUT2D eigenvalue weighted by molar-refractivity contribution is -0.134. The number of likely N-dealkylation sites (tertiary alicyclic amines) is 1. The molecular weight excluding hydrogens is 456 g/mol. The van der Waals surface area contributed by atoms with Crippen LogP contribution in [0.25, 0.3) is 10.9 Å². The Morgan fingerprint density at radius 1 is 1.11 bits per heavy atom. The molecule has 1 aromatic heterocycles. The molecule has 3 unspecified atom stereocenters. The molecule has 0 saturated carbocycles. The predicted octanol–water partition coefficient (Wildman–Crippen LogP) is 4.20. The van der Waals surface area contributed by atoms with Crippen LogP contribution in [0, 0.1) is 11.8 Å². The van der Waals surface area contributed by atoms with Gasteiger partial charge in [-0.1, -0.05) is 38.1 Å². The van der Waals surface area contributed by atoms with E-state index >= 15 is 0 Å². The van der Waals surface area contributed by atoms with Crippen molar-refractivity contribution >= 4 is 34.3 Å². The minimum atomic E-state index is -0.691. The Kier molecular flexibility index (Phi) is 7.62. The number of ether oxygens (including phenoxy) is 1. The first-order valence-corrected chi connectivity index (χ1v) is 12.4. The number of H-pyrrole nitrogens is 1. The van der Waals surface area contributed by atoms with Gasteiger partial charge in [-0.3, -0.25) is 14.4 Å². The van der Waals surface area contributed by atoms with Crippen LogP contribution in [0.3, 0.4) is 0 Å². The average molecular weight is 491 g/mol. The molecule has 3 amide bonds. The Morgan fingerprint density at radius 2 is 1.86 bits per heavy atom. The van der Waals surface area contributed by atoms with Gasteiger partial charge in [0, 0.05) is 29.2 Å². The van der Waals surface area contributed by atoms with Gasteiger partial charge in [0.25, 0.3) is 5.91 Å². The van der Waals surface area contributed by atoms with E-state index in [1.54, 1.807) is 18.1 Å². The molecular formula is C28H34N4O4. The normalized spacial score (nSPS) is 18.3. The molecule has 1 saturated heterocycles. The number of hydrogen-bond donors (Lipinski definition) is 3. The molecule has 3 aromatic rings. The number of anilines is 1. The van der Waals surface area contributed by atoms with Gasteiger partial charge >= 0.3 is 0 Å². The summed E-state index contributed by atoms with van der Waals surface area (Å²) in [6, 6.07) is 15.8. The van der Waals surface area contributed by atoms with E-state index in [4.69, 9.17) is 4.74 Å². The molecule has 2 aromatic carbocycles. The van der Waals surface area contributed by atoms with Crippen molar-refractivity contribution in [2.75, 3.05) is 19.0 Å². The number of benzene rings is 2. The number of nitrogens with zero attached hydrogens (tertiary/aromatic N) is 1. The zero-order valence-electron chi connectivity index (χ0n) is 21.2. The fraction of sp³-hybridized carbons (Fsp3) is 0.393. The summed E-state index contributed by atoms with van der Waals surface area (Å²) in [6.45, 7) is 6.31. The minimum absolute atomic E-state index is 0.0974. The van der Waals surface area contributed by atoms with Crippen LogP contribution in [0.1, 0.15) is 44.1 Å². The molecule has 0 bridgehead atoms. The van der Waals surface area contributed by atoms with Crippen LogP contribution < -0.4 is 15.4 Å². The molecule has 0 spiro atoms. The minimum Gasteiger partial charge on any atom is -0.496 e. The molecule has 3 atom stereocenters. The lowest BCUT2D eigenvalue weighted by Crippen LogP contribution is -2.50. The number of aromatic nitrogens is 1. The molecule has 1 aliphatic heterocycles. The maximum Gasteiger partial charge on any atom is 0.268 e. The summed E-state index contributed by atoms with van der Waals surface area (Å²) >= 11 is 0. The molecule has 0 aliphatic carbocycles. The number of hydrogen-bond acceptors (Lipinski definition) is 4. The van der Waals surface area contributed by atoms with Gasteiger partial charge < -0.3 is 25.3 Å². The van der Waals surface area contributed by atoms with Gasteiger partial charge in [0.15, 0.2) is 0 Å². The molecule has 8 heteroatoms. The Hall–Kier alpha value is -3.81. The van der Waals surface area contributed by atoms with Gasteiger partial charge in [-0.15, -0.1) is 0 Å². The van der Waals surface area contributed by atoms with Crippen LogP contribution in [-0.2, 0) is 9.59 Å². The van der Waals surface area contributed by atoms with Crippen molar-refractivity contribution in [3.63, 3.8) is 0 Å². The van der Waals surface area contributed by atoms with Gasteiger partial charge in [-0.05, 0) is 56.0 Å². The van der Waals surface area contributed by atoms with Crippen molar-refractivity contribution in [3.05, 3.63) is 60.3 Å². The zero-order valence-corrected chi connectivity index (χ0v) is 21.2. The third kappa shape index (κ3) is 5.53. The summed E-state index contributed by atoms with van der Waals surface area (Å²) in [6.07, 6.45) is 1.08. The van der Waals surface area contributed by atoms with E-state index in [1.165, 1.54) is 0 Å². The molecule has 1 aliphatic rings. The van der Waals surface area contributed by atoms with E-state index in [9.17, 15) is 14.4 Å². The van der Waals surface area contributed by atoms with Crippen molar-refractivity contribution in [1.82, 2.24) is 15.2 Å². The van der Waals surface area contributed by atoms with E-state index in [-0.39, 0.29) is 35.6 Å². The van der Waals surface area contributed by atoms with E-state index in [0.29, 0.717) is 30.8 Å². The number of aromatic amines is 1. The smallest absolute Gasteiger partial charge is 0.268 e. The van der Waals surface area contributed by atoms with Gasteiger partial charge in [0.1, 0.15) is 17.5 Å². The van der Waals surface area contributed by atoms with Crippen LogP contribution in [0.4, 0.5) is 5.69 Å². The van der Waals surface area contributed by atoms with Crippen LogP contribution in [0.2, 0.25) is 0 Å². The summed E-state index contributed by atoms with van der Waals surface area (Å²) in [5, 5.41) is 6.68. The molecule has 190 valence electrons.